The van der Waals surface area contributed by atoms with E-state index in [1.807, 2.05) is 0 Å². The van der Waals surface area contributed by atoms with Gasteiger partial charge in [0.15, 0.2) is 0 Å². The Kier molecular flexibility index (Phi) is 4.91. The summed E-state index contributed by atoms with van der Waals surface area (Å²) in [6, 6.07) is 5.58. The Morgan fingerprint density at radius 1 is 1.50 bits per heavy atom. The number of anilines is 1. The van der Waals surface area contributed by atoms with Crippen LogP contribution in [0.3, 0.4) is 0 Å². The zero-order chi connectivity index (χ0) is 12.0. The second kappa shape index (κ2) is 6.22. The highest BCUT2D eigenvalue weighted by molar-refractivity contribution is 9.19. The van der Waals surface area contributed by atoms with Gasteiger partial charge in [0.05, 0.1) is 12.3 Å². The van der Waals surface area contributed by atoms with Crippen molar-refractivity contribution in [3.63, 3.8) is 0 Å². The molecule has 6 heteroatoms. The van der Waals surface area contributed by atoms with Gasteiger partial charge >= 0.3 is 5.97 Å². The van der Waals surface area contributed by atoms with Gasteiger partial charge < -0.3 is 4.74 Å². The van der Waals surface area contributed by atoms with Crippen LogP contribution in [0.1, 0.15) is 6.92 Å². The van der Waals surface area contributed by atoms with Gasteiger partial charge in [0, 0.05) is 0 Å². The lowest BCUT2D eigenvalue weighted by Crippen LogP contribution is -2.12. The van der Waals surface area contributed by atoms with Crippen LogP contribution < -0.4 is 5.43 Å². The third kappa shape index (κ3) is 3.98. The number of nitrogens with one attached hydrogen (secondary N) is 1. The molecule has 1 aromatic rings. The molecule has 4 nitrogen and oxygen atoms in total. The first kappa shape index (κ1) is 12.6. The fourth-order valence-corrected chi connectivity index (χ4v) is 1.08. The first-order valence-electron chi connectivity index (χ1n) is 4.55. The van der Waals surface area contributed by atoms with Crippen molar-refractivity contribution in [1.29, 1.82) is 0 Å². The lowest BCUT2D eigenvalue weighted by Gasteiger charge is -2.01. The second-order valence-corrected chi connectivity index (χ2v) is 3.49. The topological polar surface area (TPSA) is 50.7 Å². The molecule has 0 aromatic heterocycles. The highest BCUT2D eigenvalue weighted by atomic mass is 79.9. The van der Waals surface area contributed by atoms with Crippen LogP contribution in [0.25, 0.3) is 0 Å². The van der Waals surface area contributed by atoms with Crippen molar-refractivity contribution >= 4 is 32.2 Å². The van der Waals surface area contributed by atoms with Crippen LogP contribution >= 0.6 is 15.9 Å². The molecular formula is C10H10BrFN2O2. The van der Waals surface area contributed by atoms with Crippen molar-refractivity contribution in [3.05, 3.63) is 30.1 Å². The monoisotopic (exact) mass is 288 g/mol. The summed E-state index contributed by atoms with van der Waals surface area (Å²) >= 11 is 2.96. The molecule has 16 heavy (non-hydrogen) atoms. The fourth-order valence-electron chi connectivity index (χ4n) is 0.874. The van der Waals surface area contributed by atoms with Crippen LogP contribution in [0.15, 0.2) is 29.4 Å². The number of carbonyl (C=O) groups is 1. The molecule has 0 saturated heterocycles. The van der Waals surface area contributed by atoms with Gasteiger partial charge in [0.1, 0.15) is 5.82 Å². The van der Waals surface area contributed by atoms with Crippen LogP contribution in [0.4, 0.5) is 10.1 Å². The number of ether oxygens (including phenoxy) is 1. The van der Waals surface area contributed by atoms with Gasteiger partial charge in [0.2, 0.25) is 4.62 Å². The Balaban J connectivity index is 2.58. The average molecular weight is 289 g/mol. The molecular weight excluding hydrogens is 279 g/mol. The summed E-state index contributed by atoms with van der Waals surface area (Å²) in [5, 5.41) is 3.73. The normalized spacial score (nSPS) is 11.1. The number of nitrogens with zero attached hydrogens (tertiary/aromatic N) is 1. The molecule has 0 amide bonds. The number of hydrogen-bond acceptors (Lipinski definition) is 4. The summed E-state index contributed by atoms with van der Waals surface area (Å²) in [5.74, 6) is -0.893. The largest absolute Gasteiger partial charge is 0.461 e. The molecule has 1 aromatic carbocycles. The van der Waals surface area contributed by atoms with Crippen LogP contribution in [0, 0.1) is 5.82 Å². The van der Waals surface area contributed by atoms with Crippen LogP contribution in [0.5, 0.6) is 0 Å². The van der Waals surface area contributed by atoms with E-state index in [1.54, 1.807) is 6.92 Å². The molecule has 86 valence electrons. The highest BCUT2D eigenvalue weighted by Gasteiger charge is 2.07. The van der Waals surface area contributed by atoms with Crippen molar-refractivity contribution in [2.75, 3.05) is 12.0 Å². The smallest absolute Gasteiger partial charge is 0.366 e. The Labute approximate surface area is 101 Å². The molecule has 0 aliphatic heterocycles. The van der Waals surface area contributed by atoms with E-state index in [1.165, 1.54) is 24.3 Å². The van der Waals surface area contributed by atoms with Crippen molar-refractivity contribution in [3.8, 4) is 0 Å². The summed E-state index contributed by atoms with van der Waals surface area (Å²) in [7, 11) is 0. The summed E-state index contributed by atoms with van der Waals surface area (Å²) in [6.07, 6.45) is 0. The van der Waals surface area contributed by atoms with Crippen molar-refractivity contribution in [1.82, 2.24) is 0 Å². The molecule has 0 heterocycles. The van der Waals surface area contributed by atoms with Gasteiger partial charge in [-0.05, 0) is 47.1 Å². The number of hydrogen-bond donors (Lipinski definition) is 1. The van der Waals surface area contributed by atoms with Gasteiger partial charge in [-0.25, -0.2) is 9.18 Å². The lowest BCUT2D eigenvalue weighted by molar-refractivity contribution is -0.134. The molecule has 0 aliphatic carbocycles. The predicted octanol–water partition coefficient (Wildman–Crippen LogP) is 2.51. The standard InChI is InChI=1S/C10H10BrFN2O2/c1-2-16-10(15)9(11)14-13-8-5-3-7(12)4-6-8/h3-6,13H,2H2,1H3/b14-9-. The van der Waals surface area contributed by atoms with E-state index in [9.17, 15) is 9.18 Å². The molecule has 0 radical (unpaired) electrons. The minimum Gasteiger partial charge on any atom is -0.461 e. The van der Waals surface area contributed by atoms with Gasteiger partial charge in [-0.15, -0.1) is 0 Å². The zero-order valence-electron chi connectivity index (χ0n) is 8.54. The predicted molar refractivity (Wildman–Crippen MR) is 63.0 cm³/mol. The van der Waals surface area contributed by atoms with Gasteiger partial charge in [-0.2, -0.15) is 5.10 Å². The third-order valence-electron chi connectivity index (χ3n) is 1.57. The number of halogens is 2. The molecule has 0 aliphatic rings. The zero-order valence-corrected chi connectivity index (χ0v) is 10.1. The third-order valence-corrected chi connectivity index (χ3v) is 2.07. The van der Waals surface area contributed by atoms with Crippen LogP contribution in [-0.2, 0) is 9.53 Å². The molecule has 0 spiro atoms. The summed E-state index contributed by atoms with van der Waals surface area (Å²) in [6.45, 7) is 1.98. The van der Waals surface area contributed by atoms with Gasteiger partial charge in [-0.1, -0.05) is 0 Å². The maximum atomic E-state index is 12.6. The SMILES string of the molecule is CCOC(=O)/C(Br)=N/Nc1ccc(F)cc1. The van der Waals surface area contributed by atoms with Crippen LogP contribution in [-0.4, -0.2) is 17.2 Å². The second-order valence-electron chi connectivity index (χ2n) is 2.74. The average Bonchev–Trinajstić information content (AvgIpc) is 2.28. The first-order chi connectivity index (χ1) is 7.63. The van der Waals surface area contributed by atoms with Crippen molar-refractivity contribution in [2.45, 2.75) is 6.92 Å². The summed E-state index contributed by atoms with van der Waals surface area (Å²) in [4.78, 5) is 11.1. The minimum atomic E-state index is -0.558. The Morgan fingerprint density at radius 2 is 2.12 bits per heavy atom. The summed E-state index contributed by atoms with van der Waals surface area (Å²) < 4.78 is 17.3. The molecule has 0 fully saturated rings. The van der Waals surface area contributed by atoms with Crippen molar-refractivity contribution in [2.24, 2.45) is 5.10 Å². The number of rotatable bonds is 4. The minimum absolute atomic E-state index is 0.0266. The molecule has 0 saturated carbocycles. The molecule has 0 bridgehead atoms. The maximum absolute atomic E-state index is 12.6. The van der Waals surface area contributed by atoms with E-state index in [-0.39, 0.29) is 17.0 Å². The van der Waals surface area contributed by atoms with Crippen LogP contribution in [0.2, 0.25) is 0 Å². The maximum Gasteiger partial charge on any atom is 0.366 e. The highest BCUT2D eigenvalue weighted by Crippen LogP contribution is 2.08. The Bertz CT molecular complexity index is 392. The fraction of sp³-hybridized carbons (Fsp3) is 0.200. The molecule has 1 N–H and O–H groups in total. The number of carbonyl (C=O) groups excluding carboxylic acids is 1. The molecule has 1 rings (SSSR count). The quantitative estimate of drug-likeness (QED) is 0.526. The van der Waals surface area contributed by atoms with Crippen molar-refractivity contribution < 1.29 is 13.9 Å². The Hall–Kier alpha value is -1.43. The molecule has 0 atom stereocenters. The van der Waals surface area contributed by atoms with Gasteiger partial charge in [-0.3, -0.25) is 5.43 Å². The van der Waals surface area contributed by atoms with E-state index < -0.39 is 5.97 Å². The van der Waals surface area contributed by atoms with E-state index in [0.29, 0.717) is 5.69 Å². The van der Waals surface area contributed by atoms with E-state index >= 15 is 0 Å². The Morgan fingerprint density at radius 3 is 2.69 bits per heavy atom. The molecule has 0 unspecified atom stereocenters. The lowest BCUT2D eigenvalue weighted by atomic mass is 10.3. The van der Waals surface area contributed by atoms with E-state index in [4.69, 9.17) is 4.74 Å². The van der Waals surface area contributed by atoms with Gasteiger partial charge in [0.25, 0.3) is 0 Å². The number of benzene rings is 1. The number of hydrazone groups is 1. The number of esters is 1. The van der Waals surface area contributed by atoms with E-state index in [0.717, 1.165) is 0 Å². The van der Waals surface area contributed by atoms with E-state index in [2.05, 4.69) is 26.5 Å². The first-order valence-corrected chi connectivity index (χ1v) is 5.34. The summed E-state index contributed by atoms with van der Waals surface area (Å²) in [5.41, 5.74) is 3.16.